The van der Waals surface area contributed by atoms with Gasteiger partial charge in [-0.3, -0.25) is 0 Å². The standard InChI is InChI=1S/C24H26ClN2O.C6H5ClO3S/c1-26-22(12-7-20-15-21(25)8-13-24(20)26)9-4-18-5-10-23(11-6-18)27-14-2-3-19(16-27)17-28;7-5-1-3-6(4-2-5)11(8,9)10/h4-13,15,19,28H,2-3,14,16-17H2,1H3;1-4H,(H,8,9,10)/q+1;/p-1. The normalized spacial score (nSPS) is 15.8. The maximum absolute atomic E-state index is 10.3. The zero-order valence-electron chi connectivity index (χ0n) is 21.5. The number of aliphatic hydroxyl groups is 1. The predicted molar refractivity (Wildman–Crippen MR) is 157 cm³/mol. The third kappa shape index (κ3) is 7.81. The molecule has 2 heterocycles. The fourth-order valence-electron chi connectivity index (χ4n) is 4.59. The van der Waals surface area contributed by atoms with Gasteiger partial charge >= 0.3 is 0 Å². The zero-order chi connectivity index (χ0) is 28.0. The largest absolute Gasteiger partial charge is 0.744 e. The molecule has 204 valence electrons. The first-order chi connectivity index (χ1) is 18.6. The van der Waals surface area contributed by atoms with Crippen LogP contribution < -0.4 is 9.47 Å². The Balaban J connectivity index is 0.000000270. The van der Waals surface area contributed by atoms with Crippen molar-refractivity contribution in [2.45, 2.75) is 17.7 Å². The smallest absolute Gasteiger partial charge is 0.212 e. The number of aryl methyl sites for hydroxylation is 1. The molecule has 1 aliphatic rings. The molecule has 9 heteroatoms. The summed E-state index contributed by atoms with van der Waals surface area (Å²) in [5.74, 6) is 0.399. The number of hydrogen-bond donors (Lipinski definition) is 1. The molecule has 5 rings (SSSR count). The van der Waals surface area contributed by atoms with E-state index in [1.165, 1.54) is 35.5 Å². The first-order valence-electron chi connectivity index (χ1n) is 12.6. The van der Waals surface area contributed by atoms with Gasteiger partial charge in [0.15, 0.2) is 0 Å². The topological polar surface area (TPSA) is 84.5 Å². The van der Waals surface area contributed by atoms with Crippen LogP contribution in [0.15, 0.2) is 83.8 Å². The van der Waals surface area contributed by atoms with Crippen molar-refractivity contribution in [3.63, 3.8) is 0 Å². The van der Waals surface area contributed by atoms with E-state index in [0.29, 0.717) is 10.9 Å². The van der Waals surface area contributed by atoms with Gasteiger partial charge in [0.05, 0.1) is 4.90 Å². The van der Waals surface area contributed by atoms with Gasteiger partial charge in [-0.15, -0.1) is 0 Å². The highest BCUT2D eigenvalue weighted by molar-refractivity contribution is 7.85. The molecule has 6 nitrogen and oxygen atoms in total. The van der Waals surface area contributed by atoms with Crippen molar-refractivity contribution in [1.29, 1.82) is 0 Å². The highest BCUT2D eigenvalue weighted by Gasteiger charge is 2.19. The number of piperidine rings is 1. The van der Waals surface area contributed by atoms with Gasteiger partial charge in [-0.1, -0.05) is 35.3 Å². The van der Waals surface area contributed by atoms with E-state index in [1.807, 2.05) is 12.1 Å². The van der Waals surface area contributed by atoms with Gasteiger partial charge in [0.2, 0.25) is 11.2 Å². The molecule has 1 atom stereocenters. The molecule has 0 amide bonds. The van der Waals surface area contributed by atoms with Gasteiger partial charge < -0.3 is 14.6 Å². The van der Waals surface area contributed by atoms with E-state index >= 15 is 0 Å². The molecular formula is C30H30Cl2N2O4S. The molecule has 1 fully saturated rings. The fourth-order valence-corrected chi connectivity index (χ4v) is 5.36. The SMILES string of the molecule is C[n+]1c(C=Cc2ccc(N3CCCC(CO)C3)cc2)ccc2cc(Cl)ccc21.O=S(=O)([O-])c1ccc(Cl)cc1. The van der Waals surface area contributed by atoms with Crippen LogP contribution in [0.4, 0.5) is 5.69 Å². The van der Waals surface area contributed by atoms with Crippen molar-refractivity contribution in [1.82, 2.24) is 0 Å². The van der Waals surface area contributed by atoms with Crippen LogP contribution in [-0.4, -0.2) is 37.8 Å². The van der Waals surface area contributed by atoms with E-state index < -0.39 is 10.1 Å². The van der Waals surface area contributed by atoms with E-state index in [-0.39, 0.29) is 11.5 Å². The van der Waals surface area contributed by atoms with E-state index in [9.17, 15) is 18.1 Å². The van der Waals surface area contributed by atoms with Gasteiger partial charge in [-0.25, -0.2) is 8.42 Å². The maximum Gasteiger partial charge on any atom is 0.212 e. The maximum atomic E-state index is 10.3. The van der Waals surface area contributed by atoms with E-state index in [4.69, 9.17) is 23.2 Å². The summed E-state index contributed by atoms with van der Waals surface area (Å²) >= 11 is 11.6. The molecule has 1 unspecified atom stereocenters. The van der Waals surface area contributed by atoms with Crippen LogP contribution in [0.2, 0.25) is 10.0 Å². The molecule has 0 saturated carbocycles. The number of hydrogen-bond acceptors (Lipinski definition) is 5. The quantitative estimate of drug-likeness (QED) is 0.232. The highest BCUT2D eigenvalue weighted by Crippen LogP contribution is 2.24. The lowest BCUT2D eigenvalue weighted by atomic mass is 9.98. The van der Waals surface area contributed by atoms with Gasteiger partial charge in [0.25, 0.3) is 0 Å². The number of pyridine rings is 1. The Bertz CT molecular complexity index is 1560. The summed E-state index contributed by atoms with van der Waals surface area (Å²) in [6, 6.07) is 23.9. The number of aliphatic hydroxyl groups excluding tert-OH is 1. The Morgan fingerprint density at radius 2 is 1.67 bits per heavy atom. The Kier molecular flexibility index (Phi) is 9.64. The van der Waals surface area contributed by atoms with Crippen molar-refractivity contribution in [3.05, 3.63) is 100 Å². The first-order valence-corrected chi connectivity index (χ1v) is 14.7. The number of nitrogens with zero attached hydrogens (tertiary/aromatic N) is 2. The van der Waals surface area contributed by atoms with Crippen molar-refractivity contribution in [2.24, 2.45) is 13.0 Å². The molecule has 1 aromatic heterocycles. The summed E-state index contributed by atoms with van der Waals surface area (Å²) in [7, 11) is -2.25. The van der Waals surface area contributed by atoms with Gasteiger partial charge in [0, 0.05) is 59.0 Å². The summed E-state index contributed by atoms with van der Waals surface area (Å²) in [6.07, 6.45) is 6.57. The summed E-state index contributed by atoms with van der Waals surface area (Å²) in [5, 5.41) is 11.7. The second kappa shape index (κ2) is 12.9. The molecule has 0 bridgehead atoms. The summed E-state index contributed by atoms with van der Waals surface area (Å²) in [6.45, 7) is 2.30. The van der Waals surface area contributed by atoms with Gasteiger partial charge in [-0.2, -0.15) is 4.57 Å². The number of halogens is 2. The van der Waals surface area contributed by atoms with Crippen LogP contribution in [0, 0.1) is 5.92 Å². The van der Waals surface area contributed by atoms with Gasteiger partial charge in [0.1, 0.15) is 17.2 Å². The van der Waals surface area contributed by atoms with Crippen molar-refractivity contribution in [2.75, 3.05) is 24.6 Å². The summed E-state index contributed by atoms with van der Waals surface area (Å²) in [5.41, 5.74) is 4.71. The Morgan fingerprint density at radius 1 is 0.974 bits per heavy atom. The predicted octanol–water partition coefficient (Wildman–Crippen LogP) is 5.94. The number of aromatic nitrogens is 1. The van der Waals surface area contributed by atoms with E-state index in [1.54, 1.807) is 0 Å². The highest BCUT2D eigenvalue weighted by atomic mass is 35.5. The number of rotatable bonds is 5. The Morgan fingerprint density at radius 3 is 2.33 bits per heavy atom. The Labute approximate surface area is 239 Å². The zero-order valence-corrected chi connectivity index (χ0v) is 23.8. The molecular weight excluding hydrogens is 555 g/mol. The minimum Gasteiger partial charge on any atom is -0.744 e. The molecule has 3 aromatic carbocycles. The minimum absolute atomic E-state index is 0.262. The lowest BCUT2D eigenvalue weighted by Crippen LogP contribution is -2.36. The van der Waals surface area contributed by atoms with E-state index in [0.717, 1.165) is 47.6 Å². The van der Waals surface area contributed by atoms with Crippen molar-refractivity contribution < 1.29 is 22.6 Å². The molecule has 39 heavy (non-hydrogen) atoms. The van der Waals surface area contributed by atoms with Crippen LogP contribution >= 0.6 is 23.2 Å². The van der Waals surface area contributed by atoms with Crippen molar-refractivity contribution in [3.8, 4) is 0 Å². The number of fused-ring (bicyclic) bond motifs is 1. The average Bonchev–Trinajstić information content (AvgIpc) is 2.93. The summed E-state index contributed by atoms with van der Waals surface area (Å²) in [4.78, 5) is 2.12. The monoisotopic (exact) mass is 584 g/mol. The molecule has 4 aromatic rings. The third-order valence-corrected chi connectivity index (χ3v) is 8.09. The second-order valence-electron chi connectivity index (χ2n) is 9.49. The fraction of sp³-hybridized carbons (Fsp3) is 0.233. The lowest BCUT2D eigenvalue weighted by Gasteiger charge is -2.33. The first kappa shape index (κ1) is 29.1. The second-order valence-corrected chi connectivity index (χ2v) is 11.7. The van der Waals surface area contributed by atoms with Crippen LogP contribution in [0.1, 0.15) is 24.1 Å². The lowest BCUT2D eigenvalue weighted by molar-refractivity contribution is -0.646. The van der Waals surface area contributed by atoms with Crippen LogP contribution in [-0.2, 0) is 17.2 Å². The molecule has 1 N–H and O–H groups in total. The number of anilines is 1. The van der Waals surface area contributed by atoms with Crippen LogP contribution in [0.25, 0.3) is 23.1 Å². The summed E-state index contributed by atoms with van der Waals surface area (Å²) < 4.78 is 33.2. The molecule has 0 spiro atoms. The Hall–Kier alpha value is -2.94. The van der Waals surface area contributed by atoms with Gasteiger partial charge in [-0.05, 0) is 85.0 Å². The minimum atomic E-state index is -4.33. The number of benzene rings is 3. The van der Waals surface area contributed by atoms with E-state index in [2.05, 4.69) is 71.1 Å². The third-order valence-electron chi connectivity index (χ3n) is 6.76. The van der Waals surface area contributed by atoms with Crippen LogP contribution in [0.5, 0.6) is 0 Å². The van der Waals surface area contributed by atoms with Crippen LogP contribution in [0.3, 0.4) is 0 Å². The molecule has 1 aliphatic heterocycles. The molecule has 0 aliphatic carbocycles. The molecule has 1 saturated heterocycles. The van der Waals surface area contributed by atoms with Crippen molar-refractivity contribution >= 4 is 62.1 Å². The molecule has 0 radical (unpaired) electrons. The average molecular weight is 586 g/mol.